The summed E-state index contributed by atoms with van der Waals surface area (Å²) in [5.41, 5.74) is 2.55. The van der Waals surface area contributed by atoms with E-state index in [9.17, 15) is 0 Å². The van der Waals surface area contributed by atoms with Crippen LogP contribution in [0, 0.1) is 23.7 Å². The maximum atomic E-state index is 6.80. The molecular weight excluding hydrogens is 512 g/mol. The number of ether oxygens (including phenoxy) is 5. The fourth-order valence-corrected chi connectivity index (χ4v) is 5.33. The normalized spacial score (nSPS) is 16.0. The third kappa shape index (κ3) is 22.0. The maximum absolute atomic E-state index is 6.80. The Kier molecular flexibility index (Phi) is 25.6. The maximum Gasteiger partial charge on any atom is 0.0816 e. The molecule has 240 valence electrons. The van der Waals surface area contributed by atoms with Gasteiger partial charge in [0.15, 0.2) is 0 Å². The van der Waals surface area contributed by atoms with Gasteiger partial charge in [0.05, 0.1) is 51.8 Å². The van der Waals surface area contributed by atoms with Crippen molar-refractivity contribution in [2.75, 3.05) is 53.9 Å². The van der Waals surface area contributed by atoms with Crippen LogP contribution in [0.3, 0.4) is 0 Å². The molecule has 0 saturated heterocycles. The van der Waals surface area contributed by atoms with Gasteiger partial charge in [0.2, 0.25) is 0 Å². The predicted octanol–water partition coefficient (Wildman–Crippen LogP) is 9.00. The van der Waals surface area contributed by atoms with E-state index in [1.54, 1.807) is 14.2 Å². The molecule has 5 heteroatoms. The van der Waals surface area contributed by atoms with Gasteiger partial charge in [-0.25, -0.2) is 0 Å². The third-order valence-corrected chi connectivity index (χ3v) is 8.03. The van der Waals surface area contributed by atoms with Crippen molar-refractivity contribution in [2.24, 2.45) is 23.7 Å². The van der Waals surface area contributed by atoms with Crippen LogP contribution in [-0.4, -0.2) is 66.1 Å². The molecular formula is C36H66O5. The van der Waals surface area contributed by atoms with E-state index in [4.69, 9.17) is 23.7 Å². The SMILES string of the molecule is C=CCCC(CC[C@H](C)CC(COCCOC)OC(COCCOC)C[C@@H](C)CCC(CCC=C)C(=C)C)C(=C)C. The average Bonchev–Trinajstić information content (AvgIpc) is 2.92. The molecule has 0 amide bonds. The third-order valence-electron chi connectivity index (χ3n) is 8.03. The Morgan fingerprint density at radius 1 is 0.610 bits per heavy atom. The summed E-state index contributed by atoms with van der Waals surface area (Å²) < 4.78 is 29.2. The number of hydrogen-bond donors (Lipinski definition) is 0. The van der Waals surface area contributed by atoms with Crippen molar-refractivity contribution >= 4 is 0 Å². The minimum absolute atomic E-state index is 0.0114. The summed E-state index contributed by atoms with van der Waals surface area (Å²) in [6.45, 7) is 28.7. The minimum atomic E-state index is 0.0114. The summed E-state index contributed by atoms with van der Waals surface area (Å²) in [5.74, 6) is 2.13. The second kappa shape index (κ2) is 26.4. The van der Waals surface area contributed by atoms with Gasteiger partial charge in [-0.2, -0.15) is 0 Å². The molecule has 5 nitrogen and oxygen atoms in total. The number of hydrogen-bond acceptors (Lipinski definition) is 5. The van der Waals surface area contributed by atoms with Gasteiger partial charge in [-0.1, -0.05) is 63.1 Å². The zero-order valence-electron chi connectivity index (χ0n) is 27.8. The van der Waals surface area contributed by atoms with E-state index in [0.717, 1.165) is 64.2 Å². The van der Waals surface area contributed by atoms with Crippen LogP contribution in [0.1, 0.15) is 91.9 Å². The van der Waals surface area contributed by atoms with Crippen molar-refractivity contribution in [1.82, 2.24) is 0 Å². The van der Waals surface area contributed by atoms with E-state index < -0.39 is 0 Å². The first kappa shape index (κ1) is 39.8. The van der Waals surface area contributed by atoms with Crippen LogP contribution in [0.25, 0.3) is 0 Å². The molecule has 4 unspecified atom stereocenters. The summed E-state index contributed by atoms with van der Waals surface area (Å²) in [4.78, 5) is 0. The van der Waals surface area contributed by atoms with Crippen LogP contribution in [0.15, 0.2) is 49.6 Å². The van der Waals surface area contributed by atoms with E-state index in [0.29, 0.717) is 63.3 Å². The Morgan fingerprint density at radius 3 is 1.32 bits per heavy atom. The molecule has 0 aromatic rings. The smallest absolute Gasteiger partial charge is 0.0816 e. The van der Waals surface area contributed by atoms with Gasteiger partial charge in [-0.3, -0.25) is 0 Å². The molecule has 0 aromatic heterocycles. The van der Waals surface area contributed by atoms with E-state index in [-0.39, 0.29) is 12.2 Å². The molecule has 0 bridgehead atoms. The van der Waals surface area contributed by atoms with Crippen LogP contribution in [0.2, 0.25) is 0 Å². The highest BCUT2D eigenvalue weighted by Crippen LogP contribution is 2.28. The molecule has 0 aromatic carbocycles. The highest BCUT2D eigenvalue weighted by Gasteiger charge is 2.23. The molecule has 0 rings (SSSR count). The van der Waals surface area contributed by atoms with Crippen LogP contribution >= 0.6 is 0 Å². The fraction of sp³-hybridized carbons (Fsp3) is 0.778. The number of methoxy groups -OCH3 is 2. The standard InChI is InChI=1S/C36H66O5/c1-11-13-15-33(29(3)4)19-17-31(7)25-35(27-39-23-21-37-9)41-36(28-40-24-22-38-10)26-32(8)18-20-34(30(5)6)16-14-12-2/h11-12,31-36H,1-3,5,13-28H2,4,6-10H3/t31-,32-,33?,34?,35?,36?/m0/s1. The Bertz CT molecular complexity index is 619. The Hall–Kier alpha value is -1.24. The average molecular weight is 579 g/mol. The van der Waals surface area contributed by atoms with Gasteiger partial charge in [0.25, 0.3) is 0 Å². The molecule has 0 heterocycles. The highest BCUT2D eigenvalue weighted by molar-refractivity contribution is 4.97. The van der Waals surface area contributed by atoms with Crippen LogP contribution in [0.4, 0.5) is 0 Å². The van der Waals surface area contributed by atoms with E-state index in [2.05, 4.69) is 54.0 Å². The van der Waals surface area contributed by atoms with Crippen LogP contribution < -0.4 is 0 Å². The zero-order valence-corrected chi connectivity index (χ0v) is 27.8. The Balaban J connectivity index is 5.32. The van der Waals surface area contributed by atoms with Gasteiger partial charge in [0.1, 0.15) is 0 Å². The lowest BCUT2D eigenvalue weighted by Gasteiger charge is -2.29. The number of allylic oxidation sites excluding steroid dienone is 4. The van der Waals surface area contributed by atoms with Crippen molar-refractivity contribution < 1.29 is 23.7 Å². The zero-order chi connectivity index (χ0) is 30.9. The van der Waals surface area contributed by atoms with Gasteiger partial charge in [-0.05, 0) is 88.9 Å². The molecule has 0 fully saturated rings. The minimum Gasteiger partial charge on any atom is -0.382 e. The summed E-state index contributed by atoms with van der Waals surface area (Å²) in [6.07, 6.45) is 14.9. The van der Waals surface area contributed by atoms with Crippen LogP contribution in [0.5, 0.6) is 0 Å². The quantitative estimate of drug-likeness (QED) is 0.0629. The van der Waals surface area contributed by atoms with Gasteiger partial charge < -0.3 is 23.7 Å². The van der Waals surface area contributed by atoms with Crippen molar-refractivity contribution in [3.05, 3.63) is 49.6 Å². The van der Waals surface area contributed by atoms with E-state index >= 15 is 0 Å². The predicted molar refractivity (Wildman–Crippen MR) is 176 cm³/mol. The topological polar surface area (TPSA) is 46.2 Å². The summed E-state index contributed by atoms with van der Waals surface area (Å²) >= 11 is 0. The van der Waals surface area contributed by atoms with Crippen LogP contribution in [-0.2, 0) is 23.7 Å². The summed E-state index contributed by atoms with van der Waals surface area (Å²) in [5, 5.41) is 0. The number of rotatable bonds is 30. The molecule has 0 N–H and O–H groups in total. The lowest BCUT2D eigenvalue weighted by molar-refractivity contribution is -0.104. The first-order valence-electron chi connectivity index (χ1n) is 16.0. The van der Waals surface area contributed by atoms with E-state index in [1.807, 2.05) is 12.2 Å². The van der Waals surface area contributed by atoms with Crippen molar-refractivity contribution in [2.45, 2.75) is 104 Å². The fourth-order valence-electron chi connectivity index (χ4n) is 5.33. The Labute approximate surface area is 254 Å². The van der Waals surface area contributed by atoms with Gasteiger partial charge in [-0.15, -0.1) is 13.2 Å². The van der Waals surface area contributed by atoms with Crippen molar-refractivity contribution in [1.29, 1.82) is 0 Å². The molecule has 0 spiro atoms. The Morgan fingerprint density at radius 2 is 1.00 bits per heavy atom. The second-order valence-corrected chi connectivity index (χ2v) is 12.2. The molecule has 0 aliphatic rings. The van der Waals surface area contributed by atoms with E-state index in [1.165, 1.54) is 11.1 Å². The van der Waals surface area contributed by atoms with Gasteiger partial charge in [0, 0.05) is 14.2 Å². The first-order valence-corrected chi connectivity index (χ1v) is 16.0. The molecule has 41 heavy (non-hydrogen) atoms. The van der Waals surface area contributed by atoms with Crippen molar-refractivity contribution in [3.63, 3.8) is 0 Å². The summed E-state index contributed by atoms with van der Waals surface area (Å²) in [6, 6.07) is 0. The monoisotopic (exact) mass is 578 g/mol. The lowest BCUT2D eigenvalue weighted by Crippen LogP contribution is -2.33. The largest absolute Gasteiger partial charge is 0.382 e. The highest BCUT2D eigenvalue weighted by atomic mass is 16.6. The molecule has 0 saturated carbocycles. The first-order chi connectivity index (χ1) is 19.7. The van der Waals surface area contributed by atoms with Gasteiger partial charge >= 0.3 is 0 Å². The molecule has 6 atom stereocenters. The second-order valence-electron chi connectivity index (χ2n) is 12.2. The lowest BCUT2D eigenvalue weighted by atomic mass is 9.86. The molecule has 0 radical (unpaired) electrons. The van der Waals surface area contributed by atoms with Crippen molar-refractivity contribution in [3.8, 4) is 0 Å². The summed E-state index contributed by atoms with van der Waals surface area (Å²) in [7, 11) is 3.41. The molecule has 0 aliphatic heterocycles. The molecule has 0 aliphatic carbocycles.